The Balaban J connectivity index is 1.73. The summed E-state index contributed by atoms with van der Waals surface area (Å²) in [5.74, 6) is -3.14. The Morgan fingerprint density at radius 2 is 1.47 bits per heavy atom. The summed E-state index contributed by atoms with van der Waals surface area (Å²) in [7, 11) is 1.49. The van der Waals surface area contributed by atoms with Crippen LogP contribution in [0, 0.1) is 17.5 Å². The standard InChI is InChI=1S/C23H17F3N4O2/c1-30-18-12-5-3-8-14(18)19(13-7-2-4-9-15(13)24)27-21(22(30)31)29-23(32)28-20-16(25)10-6-11-17(20)26/h2-12,21H,1H3,(H2,28,29,32). The highest BCUT2D eigenvalue weighted by Crippen LogP contribution is 2.28. The van der Waals surface area contributed by atoms with E-state index in [1.54, 1.807) is 30.3 Å². The number of carbonyl (C=O) groups is 2. The Kier molecular flexibility index (Phi) is 5.63. The van der Waals surface area contributed by atoms with E-state index in [1.165, 1.54) is 30.1 Å². The summed E-state index contributed by atoms with van der Waals surface area (Å²) in [5, 5.41) is 4.37. The molecule has 0 radical (unpaired) electrons. The largest absolute Gasteiger partial charge is 0.321 e. The Hall–Kier alpha value is -4.14. The van der Waals surface area contributed by atoms with Crippen molar-refractivity contribution >= 4 is 29.0 Å². The molecule has 4 rings (SSSR count). The molecule has 2 N–H and O–H groups in total. The number of urea groups is 1. The third-order valence-electron chi connectivity index (χ3n) is 4.94. The van der Waals surface area contributed by atoms with Gasteiger partial charge in [-0.3, -0.25) is 4.79 Å². The number of para-hydroxylation sites is 2. The monoisotopic (exact) mass is 438 g/mol. The molecule has 6 nitrogen and oxygen atoms in total. The molecule has 1 aliphatic rings. The smallest absolute Gasteiger partial charge is 0.311 e. The third-order valence-corrected chi connectivity index (χ3v) is 4.94. The van der Waals surface area contributed by atoms with Crippen LogP contribution < -0.4 is 15.5 Å². The minimum Gasteiger partial charge on any atom is -0.311 e. The van der Waals surface area contributed by atoms with Crippen molar-refractivity contribution in [3.8, 4) is 0 Å². The van der Waals surface area contributed by atoms with Crippen molar-refractivity contribution in [3.63, 3.8) is 0 Å². The van der Waals surface area contributed by atoms with E-state index in [1.807, 2.05) is 0 Å². The zero-order valence-electron chi connectivity index (χ0n) is 16.8. The quantitative estimate of drug-likeness (QED) is 0.647. The Morgan fingerprint density at radius 3 is 2.16 bits per heavy atom. The molecule has 3 aromatic rings. The molecular formula is C23H17F3N4O2. The molecule has 0 aliphatic carbocycles. The number of nitrogens with one attached hydrogen (secondary N) is 2. The molecule has 0 spiro atoms. The lowest BCUT2D eigenvalue weighted by Crippen LogP contribution is -2.47. The van der Waals surface area contributed by atoms with Crippen LogP contribution in [0.25, 0.3) is 0 Å². The van der Waals surface area contributed by atoms with E-state index in [4.69, 9.17) is 0 Å². The lowest BCUT2D eigenvalue weighted by molar-refractivity contribution is -0.119. The molecule has 0 saturated heterocycles. The number of hydrogen-bond donors (Lipinski definition) is 2. The number of benzene rings is 3. The van der Waals surface area contributed by atoms with Crippen LogP contribution in [0.3, 0.4) is 0 Å². The number of likely N-dealkylation sites (N-methyl/N-ethyl adjacent to an activating group) is 1. The molecule has 9 heteroatoms. The molecule has 1 atom stereocenters. The van der Waals surface area contributed by atoms with Crippen LogP contribution >= 0.6 is 0 Å². The maximum Gasteiger partial charge on any atom is 0.321 e. The maximum atomic E-state index is 14.6. The van der Waals surface area contributed by atoms with Crippen LogP contribution in [0.1, 0.15) is 11.1 Å². The minimum atomic E-state index is -1.48. The third kappa shape index (κ3) is 3.92. The van der Waals surface area contributed by atoms with E-state index < -0.39 is 41.2 Å². The van der Waals surface area contributed by atoms with Crippen molar-refractivity contribution in [3.05, 3.63) is 95.3 Å². The fourth-order valence-corrected chi connectivity index (χ4v) is 3.38. The van der Waals surface area contributed by atoms with Crippen molar-refractivity contribution in [1.29, 1.82) is 0 Å². The average Bonchev–Trinajstić information content (AvgIpc) is 2.88. The number of anilines is 2. The van der Waals surface area contributed by atoms with Gasteiger partial charge < -0.3 is 15.5 Å². The SMILES string of the molecule is CN1C(=O)C(NC(=O)Nc2c(F)cccc2F)N=C(c2ccccc2F)c2ccccc21. The predicted octanol–water partition coefficient (Wildman–Crippen LogP) is 4.07. The van der Waals surface area contributed by atoms with Crippen LogP contribution in [0.15, 0.2) is 71.7 Å². The lowest BCUT2D eigenvalue weighted by atomic mass is 10.00. The molecule has 3 amide bonds. The van der Waals surface area contributed by atoms with Gasteiger partial charge >= 0.3 is 6.03 Å². The van der Waals surface area contributed by atoms with Crippen molar-refractivity contribution in [2.75, 3.05) is 17.3 Å². The maximum absolute atomic E-state index is 14.6. The van der Waals surface area contributed by atoms with Gasteiger partial charge in [0.05, 0.1) is 11.4 Å². The van der Waals surface area contributed by atoms with E-state index in [-0.39, 0.29) is 11.3 Å². The number of halogens is 3. The van der Waals surface area contributed by atoms with E-state index in [2.05, 4.69) is 15.6 Å². The molecule has 0 aromatic heterocycles. The molecule has 32 heavy (non-hydrogen) atoms. The second-order valence-corrected chi connectivity index (χ2v) is 6.97. The van der Waals surface area contributed by atoms with Gasteiger partial charge in [0.2, 0.25) is 6.17 Å². The summed E-state index contributed by atoms with van der Waals surface area (Å²) in [6, 6.07) is 14.7. The van der Waals surface area contributed by atoms with Gasteiger partial charge in [0.15, 0.2) is 0 Å². The van der Waals surface area contributed by atoms with Gasteiger partial charge in [-0.25, -0.2) is 23.0 Å². The first-order chi connectivity index (χ1) is 15.4. The molecule has 0 fully saturated rings. The van der Waals surface area contributed by atoms with E-state index in [0.717, 1.165) is 18.2 Å². The fourth-order valence-electron chi connectivity index (χ4n) is 3.38. The number of aliphatic imine (C=N–C) groups is 1. The molecule has 162 valence electrons. The summed E-state index contributed by atoms with van der Waals surface area (Å²) >= 11 is 0. The van der Waals surface area contributed by atoms with E-state index in [0.29, 0.717) is 11.3 Å². The summed E-state index contributed by atoms with van der Waals surface area (Å²) in [5.41, 5.74) is 0.567. The second-order valence-electron chi connectivity index (χ2n) is 6.97. The summed E-state index contributed by atoms with van der Waals surface area (Å²) in [6.07, 6.45) is -1.48. The number of carbonyl (C=O) groups excluding carboxylic acids is 2. The molecule has 1 unspecified atom stereocenters. The van der Waals surface area contributed by atoms with E-state index >= 15 is 0 Å². The lowest BCUT2D eigenvalue weighted by Gasteiger charge is -2.21. The van der Waals surface area contributed by atoms with Gasteiger partial charge in [0.1, 0.15) is 23.1 Å². The van der Waals surface area contributed by atoms with Crippen LogP contribution in [0.5, 0.6) is 0 Å². The highest BCUT2D eigenvalue weighted by Gasteiger charge is 2.32. The van der Waals surface area contributed by atoms with Gasteiger partial charge in [0, 0.05) is 18.2 Å². The molecule has 3 aromatic carbocycles. The fraction of sp³-hybridized carbons (Fsp3) is 0.0870. The zero-order valence-corrected chi connectivity index (χ0v) is 16.8. The average molecular weight is 438 g/mol. The molecule has 0 bridgehead atoms. The molecule has 1 aliphatic heterocycles. The second kappa shape index (κ2) is 8.54. The van der Waals surface area contributed by atoms with Crippen molar-refractivity contribution in [1.82, 2.24) is 5.32 Å². The van der Waals surface area contributed by atoms with Crippen LogP contribution in [-0.4, -0.2) is 30.9 Å². The van der Waals surface area contributed by atoms with Gasteiger partial charge in [-0.15, -0.1) is 0 Å². The summed E-state index contributed by atoms with van der Waals surface area (Å²) < 4.78 is 42.3. The number of nitrogens with zero attached hydrogens (tertiary/aromatic N) is 2. The summed E-state index contributed by atoms with van der Waals surface area (Å²) in [6.45, 7) is 0. The van der Waals surface area contributed by atoms with Gasteiger partial charge in [-0.05, 0) is 30.3 Å². The number of hydrogen-bond acceptors (Lipinski definition) is 3. The van der Waals surface area contributed by atoms with E-state index in [9.17, 15) is 22.8 Å². The summed E-state index contributed by atoms with van der Waals surface area (Å²) in [4.78, 5) is 31.1. The van der Waals surface area contributed by atoms with Crippen molar-refractivity contribution in [2.24, 2.45) is 4.99 Å². The number of rotatable bonds is 3. The Bertz CT molecular complexity index is 1230. The topological polar surface area (TPSA) is 73.8 Å². The number of benzodiazepines with no additional fused rings is 1. The first kappa shape index (κ1) is 21.1. The number of fused-ring (bicyclic) bond motifs is 1. The zero-order chi connectivity index (χ0) is 22.8. The van der Waals surface area contributed by atoms with Crippen LogP contribution in [0.2, 0.25) is 0 Å². The van der Waals surface area contributed by atoms with Gasteiger partial charge in [0.25, 0.3) is 5.91 Å². The molecule has 1 heterocycles. The Morgan fingerprint density at radius 1 is 0.875 bits per heavy atom. The predicted molar refractivity (Wildman–Crippen MR) is 114 cm³/mol. The minimum absolute atomic E-state index is 0.135. The van der Waals surface area contributed by atoms with Crippen LogP contribution in [-0.2, 0) is 4.79 Å². The highest BCUT2D eigenvalue weighted by molar-refractivity contribution is 6.20. The van der Waals surface area contributed by atoms with Crippen molar-refractivity contribution in [2.45, 2.75) is 6.17 Å². The first-order valence-corrected chi connectivity index (χ1v) is 9.58. The number of amides is 3. The van der Waals surface area contributed by atoms with Gasteiger partial charge in [-0.2, -0.15) is 0 Å². The molecular weight excluding hydrogens is 421 g/mol. The first-order valence-electron chi connectivity index (χ1n) is 9.58. The van der Waals surface area contributed by atoms with Gasteiger partial charge in [-0.1, -0.05) is 36.4 Å². The normalized spacial score (nSPS) is 15.5. The molecule has 0 saturated carbocycles. The van der Waals surface area contributed by atoms with Crippen LogP contribution in [0.4, 0.5) is 29.3 Å². The highest BCUT2D eigenvalue weighted by atomic mass is 19.1. The van der Waals surface area contributed by atoms with Crippen molar-refractivity contribution < 1.29 is 22.8 Å². The Labute approximate surface area is 181 Å².